The Labute approximate surface area is 49.5 Å². The molecule has 0 aromatic carbocycles. The molecule has 0 spiro atoms. The summed E-state index contributed by atoms with van der Waals surface area (Å²) in [5, 5.41) is 0. The lowest BCUT2D eigenvalue weighted by Gasteiger charge is -2.02. The van der Waals surface area contributed by atoms with Crippen molar-refractivity contribution >= 4 is 10.1 Å². The van der Waals surface area contributed by atoms with Gasteiger partial charge in [-0.2, -0.15) is 21.6 Å². The lowest BCUT2D eigenvalue weighted by Crippen LogP contribution is -2.23. The Morgan fingerprint density at radius 1 is 1.33 bits per heavy atom. The number of hydrogen-bond donors (Lipinski definition) is 0. The summed E-state index contributed by atoms with van der Waals surface area (Å²) in [6.07, 6.45) is 0. The summed E-state index contributed by atoms with van der Waals surface area (Å²) in [5.41, 5.74) is -5.30. The Bertz CT molecular complexity index is 178. The normalized spacial score (nSPS) is 13.8. The zero-order valence-corrected chi connectivity index (χ0v) is 5.08. The fourth-order valence-corrected chi connectivity index (χ4v) is 0.283. The molecule has 0 fully saturated rings. The monoisotopic (exact) mass is 166 g/mol. The van der Waals surface area contributed by atoms with E-state index in [4.69, 9.17) is 0 Å². The fraction of sp³-hybridized carbons (Fsp3) is 1.00. The summed E-state index contributed by atoms with van der Waals surface area (Å²) < 4.78 is 55.9. The molecule has 0 amide bonds. The Hall–Kier alpha value is -0.300. The van der Waals surface area contributed by atoms with Gasteiger partial charge in [0.2, 0.25) is 0 Å². The quantitative estimate of drug-likeness (QED) is 0.420. The van der Waals surface area contributed by atoms with E-state index >= 15 is 0 Å². The van der Waals surface area contributed by atoms with Gasteiger partial charge >= 0.3 is 15.6 Å². The minimum atomic E-state index is -5.34. The van der Waals surface area contributed by atoms with Crippen LogP contribution in [0.3, 0.4) is 0 Å². The maximum Gasteiger partial charge on any atom is 0.523 e. The molecule has 0 aliphatic rings. The van der Waals surface area contributed by atoms with Crippen molar-refractivity contribution < 1.29 is 25.8 Å². The smallest absolute Gasteiger partial charge is 0.267 e. The van der Waals surface area contributed by atoms with Crippen LogP contribution < -0.4 is 0 Å². The van der Waals surface area contributed by atoms with Crippen LogP contribution in [0.25, 0.3) is 0 Å². The van der Waals surface area contributed by atoms with Crippen LogP contribution in [0.4, 0.5) is 13.2 Å². The van der Waals surface area contributed by atoms with Crippen LogP contribution in [0, 0.1) is 0 Å². The van der Waals surface area contributed by atoms with E-state index in [9.17, 15) is 21.6 Å². The van der Waals surface area contributed by atoms with E-state index in [0.717, 1.165) is 0 Å². The van der Waals surface area contributed by atoms with Crippen molar-refractivity contribution in [3.05, 3.63) is 0 Å². The van der Waals surface area contributed by atoms with E-state index in [1.54, 1.807) is 0 Å². The molecule has 0 aromatic rings. The van der Waals surface area contributed by atoms with E-state index in [-0.39, 0.29) is 0 Å². The van der Waals surface area contributed by atoms with Gasteiger partial charge < -0.3 is 0 Å². The van der Waals surface area contributed by atoms with Crippen LogP contribution in [-0.2, 0) is 14.3 Å². The third-order valence-electron chi connectivity index (χ3n) is 0.503. The minimum Gasteiger partial charge on any atom is -0.267 e. The van der Waals surface area contributed by atoms with Crippen LogP contribution >= 0.6 is 0 Å². The van der Waals surface area contributed by atoms with Crippen LogP contribution in [-0.4, -0.2) is 21.0 Å². The molecule has 7 heteroatoms. The van der Waals surface area contributed by atoms with Crippen LogP contribution in [0.5, 0.6) is 0 Å². The van der Waals surface area contributed by atoms with E-state index in [0.29, 0.717) is 7.11 Å². The van der Waals surface area contributed by atoms with Gasteiger partial charge in [-0.05, 0) is 0 Å². The van der Waals surface area contributed by atoms with Gasteiger partial charge in [0.25, 0.3) is 0 Å². The van der Waals surface area contributed by atoms with Gasteiger partial charge in [0.1, 0.15) is 0 Å². The first kappa shape index (κ1) is 8.70. The van der Waals surface area contributed by atoms with E-state index in [1.165, 1.54) is 0 Å². The molecule has 0 N–H and O–H groups in total. The van der Waals surface area contributed by atoms with Crippen LogP contribution in [0.15, 0.2) is 0 Å². The highest BCUT2D eigenvalue weighted by atomic mass is 32.2. The van der Waals surface area contributed by atoms with Gasteiger partial charge in [-0.3, -0.25) is 4.18 Å². The topological polar surface area (TPSA) is 43.4 Å². The average Bonchev–Trinajstić information content (AvgIpc) is 1.64. The van der Waals surface area contributed by atoms with Crippen molar-refractivity contribution in [2.75, 3.05) is 7.11 Å². The van der Waals surface area contributed by atoms with Gasteiger partial charge in [-0.25, -0.2) is 0 Å². The Morgan fingerprint density at radius 3 is 1.67 bits per heavy atom. The van der Waals surface area contributed by atoms with Gasteiger partial charge in [0, 0.05) is 0 Å². The predicted octanol–water partition coefficient (Wildman–Crippen LogP) is 0.482. The molecule has 56 valence electrons. The maximum atomic E-state index is 11.1. The Balaban J connectivity index is 4.57. The molecule has 0 rings (SSSR count). The molecule has 0 saturated heterocycles. The molecule has 0 atom stereocenters. The predicted molar refractivity (Wildman–Crippen MR) is 22.0 cm³/mol. The van der Waals surface area contributed by atoms with Crippen molar-refractivity contribution in [3.8, 4) is 0 Å². The first-order chi connectivity index (χ1) is 3.81. The summed E-state index contributed by atoms with van der Waals surface area (Å²) in [6, 6.07) is 0. The highest BCUT2D eigenvalue weighted by Crippen LogP contribution is 2.23. The number of alkyl halides is 3. The summed E-state index contributed by atoms with van der Waals surface area (Å²) in [5.74, 6) is 0. The summed E-state index contributed by atoms with van der Waals surface area (Å²) >= 11 is 0. The zero-order valence-electron chi connectivity index (χ0n) is 4.27. The molecule has 0 aliphatic carbocycles. The molecular formula is C2H3F3O3S. The lowest BCUT2D eigenvalue weighted by molar-refractivity contribution is -0.0526. The average molecular weight is 166 g/mol. The molecule has 0 bridgehead atoms. The molecule has 3 nitrogen and oxygen atoms in total. The fourth-order valence-electron chi connectivity index (χ4n) is 0.0945. The number of rotatable bonds is 1. The van der Waals surface area contributed by atoms with Gasteiger partial charge in [0.15, 0.2) is 0 Å². The second-order valence-corrected chi connectivity index (χ2v) is 2.77. The molecule has 0 aliphatic heterocycles. The van der Waals surface area contributed by atoms with E-state index in [2.05, 4.69) is 4.18 Å². The lowest BCUT2D eigenvalue weighted by atomic mass is 11.6. The second-order valence-electron chi connectivity index (χ2n) is 1.07. The summed E-state index contributed by atoms with van der Waals surface area (Å²) in [7, 11) is -4.89. The van der Waals surface area contributed by atoms with Gasteiger partial charge in [-0.15, -0.1) is 0 Å². The summed E-state index contributed by atoms with van der Waals surface area (Å²) in [6.45, 7) is 0. The Morgan fingerprint density at radius 2 is 1.67 bits per heavy atom. The van der Waals surface area contributed by atoms with Crippen molar-refractivity contribution in [1.29, 1.82) is 0 Å². The zero-order chi connectivity index (χ0) is 7.71. The first-order valence-electron chi connectivity index (χ1n) is 1.68. The van der Waals surface area contributed by atoms with Crippen molar-refractivity contribution in [1.82, 2.24) is 0 Å². The van der Waals surface area contributed by atoms with Crippen LogP contribution in [0.1, 0.15) is 0 Å². The first-order valence-corrected chi connectivity index (χ1v) is 3.09. The highest BCUT2D eigenvalue weighted by molar-refractivity contribution is 7.87. The SMILES string of the molecule is [14CH3]OS(=O)(=O)C(F)(F)F. The van der Waals surface area contributed by atoms with E-state index in [1.807, 2.05) is 0 Å². The van der Waals surface area contributed by atoms with Crippen molar-refractivity contribution in [3.63, 3.8) is 0 Å². The number of halogens is 3. The number of hydrogen-bond acceptors (Lipinski definition) is 3. The molecule has 0 heterocycles. The third-order valence-corrected chi connectivity index (χ3v) is 1.51. The highest BCUT2D eigenvalue weighted by Gasteiger charge is 2.46. The Kier molecular flexibility index (Phi) is 2.07. The van der Waals surface area contributed by atoms with Gasteiger partial charge in [-0.1, -0.05) is 0 Å². The largest absolute Gasteiger partial charge is 0.523 e. The molecule has 0 unspecified atom stereocenters. The van der Waals surface area contributed by atoms with Gasteiger partial charge in [0.05, 0.1) is 7.11 Å². The maximum absolute atomic E-state index is 11.1. The standard InChI is InChI=1S/C2H3F3O3S/c1-8-9(6,7)2(3,4)5/h1H3/i1+2. The molecule has 9 heavy (non-hydrogen) atoms. The van der Waals surface area contributed by atoms with Crippen molar-refractivity contribution in [2.24, 2.45) is 0 Å². The van der Waals surface area contributed by atoms with Crippen molar-refractivity contribution in [2.45, 2.75) is 5.51 Å². The molecule has 0 aromatic heterocycles. The van der Waals surface area contributed by atoms with E-state index < -0.39 is 15.6 Å². The molecular weight excluding hydrogens is 163 g/mol. The summed E-state index contributed by atoms with van der Waals surface area (Å²) in [4.78, 5) is 0. The minimum absolute atomic E-state index is 0.447. The van der Waals surface area contributed by atoms with Crippen LogP contribution in [0.2, 0.25) is 0 Å². The molecule has 0 saturated carbocycles. The second kappa shape index (κ2) is 2.14. The molecule has 0 radical (unpaired) electrons. The third kappa shape index (κ3) is 1.83.